The highest BCUT2D eigenvalue weighted by atomic mass is 32.2. The van der Waals surface area contributed by atoms with Crippen LogP contribution < -0.4 is 14.4 Å². The van der Waals surface area contributed by atoms with E-state index in [1.54, 1.807) is 11.8 Å². The van der Waals surface area contributed by atoms with Crippen LogP contribution in [0.2, 0.25) is 0 Å². The lowest BCUT2D eigenvalue weighted by Crippen LogP contribution is -2.39. The summed E-state index contributed by atoms with van der Waals surface area (Å²) in [6.07, 6.45) is 0. The molecule has 0 saturated carbocycles. The van der Waals surface area contributed by atoms with Crippen LogP contribution in [0.5, 0.6) is 11.5 Å². The Morgan fingerprint density at radius 2 is 2.08 bits per heavy atom. The maximum Gasteiger partial charge on any atom is 0.231 e. The van der Waals surface area contributed by atoms with E-state index in [1.165, 1.54) is 0 Å². The molecular formula is C16H20N2O4S2. The molecule has 0 aliphatic carbocycles. The number of fused-ring (bicyclic) bond motifs is 2. The molecule has 8 heteroatoms. The van der Waals surface area contributed by atoms with Crippen LogP contribution in [0.4, 0.5) is 5.69 Å². The van der Waals surface area contributed by atoms with E-state index in [4.69, 9.17) is 14.5 Å². The molecule has 130 valence electrons. The lowest BCUT2D eigenvalue weighted by Gasteiger charge is -2.26. The molecule has 6 nitrogen and oxygen atoms in total. The standard InChI is InChI=1S/C16H20N2O4S2/c1-10(2)6-23-16-17-12-7-24(19,20)8-13(12)18(16)11-3-4-14-15(5-11)22-9-21-14/h3-5,10,12-13H,6-9H2,1-2H3/t12-,13-/m0/s1. The van der Waals surface area contributed by atoms with Gasteiger partial charge in [0.15, 0.2) is 26.5 Å². The molecule has 0 aromatic heterocycles. The zero-order valence-electron chi connectivity index (χ0n) is 13.6. The minimum Gasteiger partial charge on any atom is -0.454 e. The quantitative estimate of drug-likeness (QED) is 0.814. The predicted octanol–water partition coefficient (Wildman–Crippen LogP) is 2.15. The van der Waals surface area contributed by atoms with Gasteiger partial charge in [0, 0.05) is 17.5 Å². The van der Waals surface area contributed by atoms with Crippen molar-refractivity contribution in [1.29, 1.82) is 0 Å². The molecule has 3 aliphatic rings. The monoisotopic (exact) mass is 368 g/mol. The van der Waals surface area contributed by atoms with Crippen molar-refractivity contribution in [3.05, 3.63) is 18.2 Å². The van der Waals surface area contributed by atoms with E-state index in [0.29, 0.717) is 11.7 Å². The normalized spacial score (nSPS) is 26.8. The van der Waals surface area contributed by atoms with Crippen molar-refractivity contribution in [3.8, 4) is 11.5 Å². The van der Waals surface area contributed by atoms with E-state index in [2.05, 4.69) is 18.7 Å². The second-order valence-corrected chi connectivity index (χ2v) is 9.88. The van der Waals surface area contributed by atoms with E-state index in [9.17, 15) is 8.42 Å². The fraction of sp³-hybridized carbons (Fsp3) is 0.562. The molecule has 0 spiro atoms. The molecule has 0 unspecified atom stereocenters. The van der Waals surface area contributed by atoms with Gasteiger partial charge in [0.25, 0.3) is 0 Å². The number of amidine groups is 1. The van der Waals surface area contributed by atoms with Gasteiger partial charge in [0.1, 0.15) is 0 Å². The summed E-state index contributed by atoms with van der Waals surface area (Å²) in [7, 11) is -3.03. The number of sulfone groups is 1. The van der Waals surface area contributed by atoms with Gasteiger partial charge < -0.3 is 14.4 Å². The molecule has 1 saturated heterocycles. The van der Waals surface area contributed by atoms with Gasteiger partial charge in [-0.05, 0) is 18.1 Å². The Morgan fingerprint density at radius 1 is 1.29 bits per heavy atom. The number of hydrogen-bond donors (Lipinski definition) is 0. The van der Waals surface area contributed by atoms with Gasteiger partial charge in [-0.15, -0.1) is 0 Å². The summed E-state index contributed by atoms with van der Waals surface area (Å²) in [6.45, 7) is 4.56. The molecular weight excluding hydrogens is 348 g/mol. The van der Waals surface area contributed by atoms with Crippen LogP contribution in [0.25, 0.3) is 0 Å². The summed E-state index contributed by atoms with van der Waals surface area (Å²) in [5.74, 6) is 3.21. The Kier molecular flexibility index (Phi) is 3.91. The topological polar surface area (TPSA) is 68.2 Å². The molecule has 24 heavy (non-hydrogen) atoms. The molecule has 0 radical (unpaired) electrons. The van der Waals surface area contributed by atoms with Crippen LogP contribution in [0.3, 0.4) is 0 Å². The molecule has 0 bridgehead atoms. The summed E-state index contributed by atoms with van der Waals surface area (Å²) in [6, 6.07) is 5.45. The Morgan fingerprint density at radius 3 is 2.88 bits per heavy atom. The summed E-state index contributed by atoms with van der Waals surface area (Å²) < 4.78 is 34.9. The van der Waals surface area contributed by atoms with Gasteiger partial charge in [-0.2, -0.15) is 0 Å². The zero-order valence-corrected chi connectivity index (χ0v) is 15.3. The molecule has 1 aromatic carbocycles. The Bertz CT molecular complexity index is 791. The second kappa shape index (κ2) is 5.84. The second-order valence-electron chi connectivity index (χ2n) is 6.74. The largest absolute Gasteiger partial charge is 0.454 e. The maximum atomic E-state index is 12.0. The number of anilines is 1. The third-order valence-corrected chi connectivity index (χ3v) is 7.38. The van der Waals surface area contributed by atoms with E-state index in [0.717, 1.165) is 22.4 Å². The Balaban J connectivity index is 1.68. The first kappa shape index (κ1) is 16.1. The first-order valence-electron chi connectivity index (χ1n) is 8.03. The number of benzene rings is 1. The van der Waals surface area contributed by atoms with E-state index < -0.39 is 9.84 Å². The summed E-state index contributed by atoms with van der Waals surface area (Å²) >= 11 is 1.69. The summed E-state index contributed by atoms with van der Waals surface area (Å²) in [5.41, 5.74) is 0.916. The van der Waals surface area contributed by atoms with Crippen LogP contribution in [-0.4, -0.2) is 49.7 Å². The van der Waals surface area contributed by atoms with Gasteiger partial charge >= 0.3 is 0 Å². The highest BCUT2D eigenvalue weighted by Gasteiger charge is 2.47. The minimum atomic E-state index is -3.03. The molecule has 1 aromatic rings. The van der Waals surface area contributed by atoms with Crippen LogP contribution >= 0.6 is 11.8 Å². The zero-order chi connectivity index (χ0) is 16.9. The predicted molar refractivity (Wildman–Crippen MR) is 96.0 cm³/mol. The van der Waals surface area contributed by atoms with Crippen molar-refractivity contribution in [2.24, 2.45) is 10.9 Å². The van der Waals surface area contributed by atoms with Crippen LogP contribution in [0.1, 0.15) is 13.8 Å². The summed E-state index contributed by atoms with van der Waals surface area (Å²) in [5, 5.41) is 0.910. The third-order valence-electron chi connectivity index (χ3n) is 4.29. The summed E-state index contributed by atoms with van der Waals surface area (Å²) in [4.78, 5) is 6.80. The Hall–Kier alpha value is -1.41. The Labute approximate surface area is 146 Å². The van der Waals surface area contributed by atoms with Crippen molar-refractivity contribution in [2.75, 3.05) is 29.0 Å². The highest BCUT2D eigenvalue weighted by molar-refractivity contribution is 8.14. The van der Waals surface area contributed by atoms with Crippen molar-refractivity contribution in [3.63, 3.8) is 0 Å². The first-order chi connectivity index (χ1) is 11.4. The number of nitrogens with zero attached hydrogens (tertiary/aromatic N) is 2. The molecule has 3 heterocycles. The van der Waals surface area contributed by atoms with Crippen LogP contribution in [-0.2, 0) is 9.84 Å². The van der Waals surface area contributed by atoms with E-state index >= 15 is 0 Å². The number of rotatable bonds is 3. The van der Waals surface area contributed by atoms with Crippen molar-refractivity contribution < 1.29 is 17.9 Å². The molecule has 4 rings (SSSR count). The number of hydrogen-bond acceptors (Lipinski definition) is 7. The first-order valence-corrected chi connectivity index (χ1v) is 10.8. The van der Waals surface area contributed by atoms with Crippen molar-refractivity contribution >= 4 is 32.5 Å². The van der Waals surface area contributed by atoms with Gasteiger partial charge in [-0.3, -0.25) is 4.99 Å². The smallest absolute Gasteiger partial charge is 0.231 e. The van der Waals surface area contributed by atoms with Crippen LogP contribution in [0, 0.1) is 5.92 Å². The van der Waals surface area contributed by atoms with Gasteiger partial charge in [0.05, 0.1) is 23.6 Å². The highest BCUT2D eigenvalue weighted by Crippen LogP contribution is 2.40. The molecule has 2 atom stereocenters. The number of ether oxygens (including phenoxy) is 2. The maximum absolute atomic E-state index is 12.0. The van der Waals surface area contributed by atoms with Gasteiger partial charge in [-0.1, -0.05) is 25.6 Å². The molecule has 1 fully saturated rings. The average molecular weight is 368 g/mol. The third kappa shape index (κ3) is 2.86. The van der Waals surface area contributed by atoms with E-state index in [1.807, 2.05) is 18.2 Å². The average Bonchev–Trinajstić information content (AvgIpc) is 3.15. The lowest BCUT2D eigenvalue weighted by atomic mass is 10.1. The number of aliphatic imine (C=N–C) groups is 1. The van der Waals surface area contributed by atoms with Gasteiger partial charge in [-0.25, -0.2) is 8.42 Å². The molecule has 0 amide bonds. The fourth-order valence-corrected chi connectivity index (χ4v) is 6.13. The SMILES string of the molecule is CC(C)CSC1=N[C@H]2CS(=O)(=O)C[C@@H]2N1c1ccc2c(c1)OCO2. The van der Waals surface area contributed by atoms with E-state index in [-0.39, 0.29) is 30.4 Å². The molecule has 3 aliphatic heterocycles. The lowest BCUT2D eigenvalue weighted by molar-refractivity contribution is 0.174. The van der Waals surface area contributed by atoms with Crippen molar-refractivity contribution in [1.82, 2.24) is 0 Å². The van der Waals surface area contributed by atoms with Crippen molar-refractivity contribution in [2.45, 2.75) is 25.9 Å². The van der Waals surface area contributed by atoms with Gasteiger partial charge in [0.2, 0.25) is 6.79 Å². The molecule has 0 N–H and O–H groups in total. The fourth-order valence-electron chi connectivity index (χ4n) is 3.21. The number of thioether (sulfide) groups is 1. The van der Waals surface area contributed by atoms with Crippen LogP contribution in [0.15, 0.2) is 23.2 Å². The minimum absolute atomic E-state index is 0.120.